The van der Waals surface area contributed by atoms with Gasteiger partial charge in [-0.2, -0.15) is 0 Å². The molecular formula is C18H28O8. The monoisotopic (exact) mass is 372 g/mol. The van der Waals surface area contributed by atoms with Gasteiger partial charge in [-0.25, -0.2) is 0 Å². The molecule has 148 valence electrons. The number of rotatable bonds is 7. The number of Topliss-reactive ketones (excluding diaryl/α,β-unsaturated/α-hetero) is 1. The SMILES string of the molecule is CC/C=C\C[C@@H]1C(=O)CC[C@@H]1CC(=O)O[C@@H]1O[C@H](CO)[C@@H](O)[C@H](O)[C@H]1O. The van der Waals surface area contributed by atoms with Gasteiger partial charge < -0.3 is 29.9 Å². The van der Waals surface area contributed by atoms with Gasteiger partial charge in [-0.05, 0) is 25.2 Å². The van der Waals surface area contributed by atoms with Crippen LogP contribution < -0.4 is 0 Å². The van der Waals surface area contributed by atoms with Gasteiger partial charge in [0.1, 0.15) is 30.2 Å². The Kier molecular flexibility index (Phi) is 7.72. The lowest BCUT2D eigenvalue weighted by molar-refractivity contribution is -0.292. The van der Waals surface area contributed by atoms with Crippen LogP contribution in [0, 0.1) is 11.8 Å². The first kappa shape index (κ1) is 21.0. The van der Waals surface area contributed by atoms with E-state index in [4.69, 9.17) is 14.6 Å². The molecule has 0 aromatic carbocycles. The molecule has 0 aromatic heterocycles. The van der Waals surface area contributed by atoms with E-state index in [1.807, 2.05) is 19.1 Å². The summed E-state index contributed by atoms with van der Waals surface area (Å²) >= 11 is 0. The van der Waals surface area contributed by atoms with E-state index in [9.17, 15) is 24.9 Å². The molecule has 1 saturated carbocycles. The van der Waals surface area contributed by atoms with Gasteiger partial charge in [0.15, 0.2) is 0 Å². The van der Waals surface area contributed by atoms with E-state index in [2.05, 4.69) is 0 Å². The van der Waals surface area contributed by atoms with Crippen LogP contribution in [0.25, 0.3) is 0 Å². The Hall–Kier alpha value is -1.32. The molecule has 8 nitrogen and oxygen atoms in total. The summed E-state index contributed by atoms with van der Waals surface area (Å²) in [6.07, 6.45) is -0.897. The van der Waals surface area contributed by atoms with Crippen LogP contribution in [0.3, 0.4) is 0 Å². The van der Waals surface area contributed by atoms with Crippen LogP contribution >= 0.6 is 0 Å². The summed E-state index contributed by atoms with van der Waals surface area (Å²) in [5.74, 6) is -0.878. The van der Waals surface area contributed by atoms with E-state index < -0.39 is 43.3 Å². The van der Waals surface area contributed by atoms with Crippen molar-refractivity contribution in [2.75, 3.05) is 6.61 Å². The van der Waals surface area contributed by atoms with Gasteiger partial charge in [0, 0.05) is 18.8 Å². The molecule has 0 bridgehead atoms. The molecule has 26 heavy (non-hydrogen) atoms. The molecule has 7 atom stereocenters. The van der Waals surface area contributed by atoms with E-state index in [0.717, 1.165) is 6.42 Å². The minimum Gasteiger partial charge on any atom is -0.433 e. The Labute approximate surface area is 152 Å². The number of allylic oxidation sites excluding steroid dienone is 2. The lowest BCUT2D eigenvalue weighted by Gasteiger charge is -2.39. The van der Waals surface area contributed by atoms with Gasteiger partial charge in [0.05, 0.1) is 6.61 Å². The minimum atomic E-state index is -1.62. The predicted octanol–water partition coefficient (Wildman–Crippen LogP) is -0.329. The third-order valence-corrected chi connectivity index (χ3v) is 5.06. The third-order valence-electron chi connectivity index (χ3n) is 5.06. The van der Waals surface area contributed by atoms with Gasteiger partial charge >= 0.3 is 5.97 Å². The molecule has 1 aliphatic carbocycles. The third kappa shape index (κ3) is 4.89. The van der Waals surface area contributed by atoms with Crippen LogP contribution in [0.1, 0.15) is 39.0 Å². The number of ether oxygens (including phenoxy) is 2. The topological polar surface area (TPSA) is 134 Å². The van der Waals surface area contributed by atoms with E-state index in [0.29, 0.717) is 19.3 Å². The molecule has 0 aromatic rings. The lowest BCUT2D eigenvalue weighted by Crippen LogP contribution is -2.59. The van der Waals surface area contributed by atoms with Gasteiger partial charge in [-0.3, -0.25) is 9.59 Å². The molecule has 0 spiro atoms. The van der Waals surface area contributed by atoms with Crippen molar-refractivity contribution in [1.82, 2.24) is 0 Å². The van der Waals surface area contributed by atoms with Crippen LogP contribution in [-0.4, -0.2) is 69.5 Å². The van der Waals surface area contributed by atoms with Crippen LogP contribution in [0.5, 0.6) is 0 Å². The van der Waals surface area contributed by atoms with E-state index in [-0.39, 0.29) is 24.0 Å². The summed E-state index contributed by atoms with van der Waals surface area (Å²) in [4.78, 5) is 24.3. The number of esters is 1. The van der Waals surface area contributed by atoms with Crippen molar-refractivity contribution in [2.24, 2.45) is 11.8 Å². The Morgan fingerprint density at radius 2 is 1.96 bits per heavy atom. The van der Waals surface area contributed by atoms with Gasteiger partial charge in [-0.1, -0.05) is 19.1 Å². The lowest BCUT2D eigenvalue weighted by atomic mass is 9.89. The average molecular weight is 372 g/mol. The molecule has 0 unspecified atom stereocenters. The smallest absolute Gasteiger partial charge is 0.308 e. The first-order valence-electron chi connectivity index (χ1n) is 9.06. The number of carbonyl (C=O) groups is 2. The van der Waals surface area contributed by atoms with E-state index in [1.165, 1.54) is 0 Å². The van der Waals surface area contributed by atoms with Crippen LogP contribution in [0.15, 0.2) is 12.2 Å². The molecule has 2 fully saturated rings. The molecule has 8 heteroatoms. The van der Waals surface area contributed by atoms with Crippen molar-refractivity contribution in [1.29, 1.82) is 0 Å². The number of aliphatic hydroxyl groups is 4. The summed E-state index contributed by atoms with van der Waals surface area (Å²) in [5.41, 5.74) is 0. The Bertz CT molecular complexity index is 517. The van der Waals surface area contributed by atoms with Crippen molar-refractivity contribution in [2.45, 2.75) is 69.7 Å². The fourth-order valence-corrected chi connectivity index (χ4v) is 3.51. The first-order chi connectivity index (χ1) is 12.4. The second-order valence-corrected chi connectivity index (χ2v) is 6.88. The number of hydrogen-bond donors (Lipinski definition) is 4. The highest BCUT2D eigenvalue weighted by molar-refractivity contribution is 5.84. The van der Waals surface area contributed by atoms with E-state index >= 15 is 0 Å². The number of carbonyl (C=O) groups excluding carboxylic acids is 2. The van der Waals surface area contributed by atoms with Crippen molar-refractivity contribution in [3.05, 3.63) is 12.2 Å². The zero-order chi connectivity index (χ0) is 19.3. The highest BCUT2D eigenvalue weighted by atomic mass is 16.7. The summed E-state index contributed by atoms with van der Waals surface area (Å²) in [7, 11) is 0. The molecule has 1 aliphatic heterocycles. The fraction of sp³-hybridized carbons (Fsp3) is 0.778. The Morgan fingerprint density at radius 3 is 2.62 bits per heavy atom. The number of hydrogen-bond acceptors (Lipinski definition) is 8. The van der Waals surface area contributed by atoms with E-state index in [1.54, 1.807) is 0 Å². The molecule has 0 radical (unpaired) electrons. The molecule has 4 N–H and O–H groups in total. The standard InChI is InChI=1S/C18H28O8/c1-2-3-4-5-11-10(6-7-12(11)20)8-14(21)26-18-17(24)16(23)15(22)13(9-19)25-18/h3-4,10-11,13,15-19,22-24H,2,5-9H2,1H3/b4-3-/t10-,11+,13-,15-,16+,17-,18+/m1/s1. The largest absolute Gasteiger partial charge is 0.433 e. The quantitative estimate of drug-likeness (QED) is 0.353. The molecule has 2 rings (SSSR count). The zero-order valence-corrected chi connectivity index (χ0v) is 14.9. The number of aliphatic hydroxyl groups excluding tert-OH is 4. The van der Waals surface area contributed by atoms with Crippen LogP contribution in [0.2, 0.25) is 0 Å². The number of ketones is 1. The highest BCUT2D eigenvalue weighted by Crippen LogP contribution is 2.34. The van der Waals surface area contributed by atoms with Gasteiger partial charge in [0.2, 0.25) is 6.29 Å². The van der Waals surface area contributed by atoms with Crippen molar-refractivity contribution < 1.29 is 39.5 Å². The van der Waals surface area contributed by atoms with Crippen LogP contribution in [-0.2, 0) is 19.1 Å². The molecule has 0 amide bonds. The van der Waals surface area contributed by atoms with Gasteiger partial charge in [0.25, 0.3) is 0 Å². The maximum atomic E-state index is 12.2. The average Bonchev–Trinajstić information content (AvgIpc) is 2.95. The van der Waals surface area contributed by atoms with Gasteiger partial charge in [-0.15, -0.1) is 0 Å². The first-order valence-corrected chi connectivity index (χ1v) is 9.06. The Balaban J connectivity index is 1.92. The molecule has 2 aliphatic rings. The summed E-state index contributed by atoms with van der Waals surface area (Å²) in [5, 5.41) is 38.5. The zero-order valence-electron chi connectivity index (χ0n) is 14.9. The maximum absolute atomic E-state index is 12.2. The summed E-state index contributed by atoms with van der Waals surface area (Å²) in [6, 6.07) is 0. The highest BCUT2D eigenvalue weighted by Gasteiger charge is 2.45. The summed E-state index contributed by atoms with van der Waals surface area (Å²) in [6.45, 7) is 1.41. The van der Waals surface area contributed by atoms with Crippen molar-refractivity contribution >= 4 is 11.8 Å². The minimum absolute atomic E-state index is 0.00535. The van der Waals surface area contributed by atoms with Crippen molar-refractivity contribution in [3.63, 3.8) is 0 Å². The molecular weight excluding hydrogens is 344 g/mol. The second kappa shape index (κ2) is 9.57. The maximum Gasteiger partial charge on any atom is 0.308 e. The fourth-order valence-electron chi connectivity index (χ4n) is 3.51. The van der Waals surface area contributed by atoms with Crippen molar-refractivity contribution in [3.8, 4) is 0 Å². The predicted molar refractivity (Wildman–Crippen MR) is 89.7 cm³/mol. The van der Waals surface area contributed by atoms with Crippen LogP contribution in [0.4, 0.5) is 0 Å². The Morgan fingerprint density at radius 1 is 1.23 bits per heavy atom. The molecule has 1 saturated heterocycles. The second-order valence-electron chi connectivity index (χ2n) is 6.88. The normalized spacial score (nSPS) is 38.0. The molecule has 1 heterocycles. The summed E-state index contributed by atoms with van der Waals surface area (Å²) < 4.78 is 10.3.